The van der Waals surface area contributed by atoms with E-state index in [9.17, 15) is 0 Å². The molecule has 7 heavy (non-hydrogen) atoms. The van der Waals surface area contributed by atoms with Gasteiger partial charge in [-0.15, -0.1) is 0 Å². The van der Waals surface area contributed by atoms with Crippen LogP contribution < -0.4 is 0 Å². The van der Waals surface area contributed by atoms with Crippen molar-refractivity contribution in [3.8, 4) is 0 Å². The molecule has 1 unspecified atom stereocenters. The Morgan fingerprint density at radius 1 is 1.71 bits per heavy atom. The van der Waals surface area contributed by atoms with Gasteiger partial charge in [-0.1, -0.05) is 0 Å². The minimum atomic E-state index is 0.718. The molecule has 3 heteroatoms. The molecule has 0 rings (SSSR count). The Morgan fingerprint density at radius 2 is 2.43 bits per heavy atom. The molecule has 0 aliphatic heterocycles. The van der Waals surface area contributed by atoms with Gasteiger partial charge in [0.1, 0.15) is 0 Å². The molecule has 0 heterocycles. The summed E-state index contributed by atoms with van der Waals surface area (Å²) in [6.45, 7) is 3.85. The number of rotatable bonds is 4. The molecule has 1 nitrogen and oxygen atoms in total. The van der Waals surface area contributed by atoms with E-state index in [1.807, 2.05) is 0 Å². The van der Waals surface area contributed by atoms with Gasteiger partial charge in [0.25, 0.3) is 0 Å². The summed E-state index contributed by atoms with van der Waals surface area (Å²) in [6, 6.07) is 0. The Morgan fingerprint density at radius 3 is 2.86 bits per heavy atom. The molecule has 0 saturated heterocycles. The van der Waals surface area contributed by atoms with Crippen molar-refractivity contribution in [3.05, 3.63) is 0 Å². The first-order valence-electron chi connectivity index (χ1n) is 2.42. The van der Waals surface area contributed by atoms with Gasteiger partial charge in [-0.25, -0.2) is 0 Å². The molecule has 44 valence electrons. The first-order valence-corrected chi connectivity index (χ1v) is 7.11. The van der Waals surface area contributed by atoms with Crippen molar-refractivity contribution in [1.82, 2.24) is 0 Å². The third-order valence-corrected chi connectivity index (χ3v) is 2.10. The molecule has 0 aromatic rings. The summed E-state index contributed by atoms with van der Waals surface area (Å²) in [5.74, 6) is 0. The molecule has 0 N–H and O–H groups in total. The van der Waals surface area contributed by atoms with Crippen LogP contribution in [0.1, 0.15) is 19.8 Å². The molecule has 0 fully saturated rings. The monoisotopic (exact) mass is 236 g/mol. The zero-order chi connectivity index (χ0) is 5.54. The summed E-state index contributed by atoms with van der Waals surface area (Å²) in [7, 11) is 0. The van der Waals surface area contributed by atoms with E-state index in [2.05, 4.69) is 6.92 Å². The fourth-order valence-corrected chi connectivity index (χ4v) is 1.28. The molecular weight excluding hydrogens is 223 g/mol. The maximum atomic E-state index is 5.12. The van der Waals surface area contributed by atoms with Crippen LogP contribution in [0.3, 0.4) is 0 Å². The topological polar surface area (TPSA) is 9.23 Å². The van der Waals surface area contributed by atoms with Crippen LogP contribution in [0.4, 0.5) is 0 Å². The molecular formula is C4H11OPTe. The van der Waals surface area contributed by atoms with Crippen LogP contribution in [0, 0.1) is 0 Å². The van der Waals surface area contributed by atoms with Crippen LogP contribution in [0.2, 0.25) is 0 Å². The van der Waals surface area contributed by atoms with Gasteiger partial charge in [0.2, 0.25) is 0 Å². The molecule has 0 bridgehead atoms. The number of hydrogen-bond acceptors (Lipinski definition) is 1. The van der Waals surface area contributed by atoms with Gasteiger partial charge >= 0.3 is 59.1 Å². The predicted octanol–water partition coefficient (Wildman–Crippen LogP) is 1.21. The van der Waals surface area contributed by atoms with Crippen molar-refractivity contribution in [2.45, 2.75) is 19.8 Å². The van der Waals surface area contributed by atoms with Crippen molar-refractivity contribution in [2.75, 3.05) is 6.61 Å². The van der Waals surface area contributed by atoms with Gasteiger partial charge < -0.3 is 0 Å². The van der Waals surface area contributed by atoms with E-state index in [1.54, 1.807) is 21.7 Å². The summed E-state index contributed by atoms with van der Waals surface area (Å²) >= 11 is 1.75. The zero-order valence-electron chi connectivity index (χ0n) is 4.48. The molecule has 0 radical (unpaired) electrons. The van der Waals surface area contributed by atoms with Crippen LogP contribution >= 0.6 is 6.50 Å². The van der Waals surface area contributed by atoms with Crippen LogP contribution in [0.5, 0.6) is 0 Å². The predicted molar refractivity (Wildman–Crippen MR) is 36.3 cm³/mol. The Bertz CT molecular complexity index is 30.9. The number of unbranched alkanes of at least 4 members (excludes halogenated alkanes) is 1. The summed E-state index contributed by atoms with van der Waals surface area (Å²) in [5, 5.41) is 0. The van der Waals surface area contributed by atoms with Crippen LogP contribution in [0.15, 0.2) is 0 Å². The molecule has 1 atom stereocenters. The van der Waals surface area contributed by atoms with E-state index in [0.717, 1.165) is 13.1 Å². The SMILES string of the molecule is CCCCOP[TeH]. The summed E-state index contributed by atoms with van der Waals surface area (Å²) in [6.07, 6.45) is 2.46. The molecule has 0 saturated carbocycles. The van der Waals surface area contributed by atoms with Crippen LogP contribution in [-0.4, -0.2) is 28.4 Å². The maximum absolute atomic E-state index is 5.12. The van der Waals surface area contributed by atoms with Crippen molar-refractivity contribution in [3.63, 3.8) is 0 Å². The second-order valence-corrected chi connectivity index (χ2v) is 3.33. The average Bonchev–Trinajstić information content (AvgIpc) is 1.69. The van der Waals surface area contributed by atoms with Crippen molar-refractivity contribution in [1.29, 1.82) is 0 Å². The van der Waals surface area contributed by atoms with E-state index in [4.69, 9.17) is 4.52 Å². The Kier molecular flexibility index (Phi) is 8.39. The van der Waals surface area contributed by atoms with Crippen LogP contribution in [0.25, 0.3) is 0 Å². The Labute approximate surface area is 59.3 Å². The fraction of sp³-hybridized carbons (Fsp3) is 1.00. The molecule has 0 aliphatic rings. The normalized spacial score (nSPS) is 11.1. The van der Waals surface area contributed by atoms with Crippen molar-refractivity contribution >= 4 is 28.2 Å². The molecule has 0 aromatic heterocycles. The van der Waals surface area contributed by atoms with E-state index in [-0.39, 0.29) is 0 Å². The second kappa shape index (κ2) is 7.18. The van der Waals surface area contributed by atoms with E-state index >= 15 is 0 Å². The van der Waals surface area contributed by atoms with Gasteiger partial charge in [0.15, 0.2) is 0 Å². The third-order valence-electron chi connectivity index (χ3n) is 0.665. The Balaban J connectivity index is 2.45. The van der Waals surface area contributed by atoms with E-state index in [0.29, 0.717) is 0 Å². The number of hydrogen-bond donors (Lipinski definition) is 0. The molecule has 0 amide bonds. The van der Waals surface area contributed by atoms with Crippen LogP contribution in [-0.2, 0) is 4.52 Å². The summed E-state index contributed by atoms with van der Waals surface area (Å²) in [4.78, 5) is 0. The first-order chi connectivity index (χ1) is 3.41. The van der Waals surface area contributed by atoms with Gasteiger partial charge in [0.05, 0.1) is 0 Å². The third kappa shape index (κ3) is 7.18. The van der Waals surface area contributed by atoms with E-state index in [1.165, 1.54) is 12.8 Å². The fourth-order valence-electron chi connectivity index (χ4n) is 0.262. The van der Waals surface area contributed by atoms with Crippen molar-refractivity contribution in [2.24, 2.45) is 0 Å². The first kappa shape index (κ1) is 8.18. The summed E-state index contributed by atoms with van der Waals surface area (Å²) < 4.78 is 5.12. The van der Waals surface area contributed by atoms with Gasteiger partial charge in [0, 0.05) is 0 Å². The summed E-state index contributed by atoms with van der Waals surface area (Å²) in [5.41, 5.74) is 0. The Hall–Kier alpha value is 1.18. The van der Waals surface area contributed by atoms with Gasteiger partial charge in [-0.2, -0.15) is 0 Å². The average molecular weight is 234 g/mol. The quantitative estimate of drug-likeness (QED) is 0.403. The second-order valence-electron chi connectivity index (χ2n) is 1.29. The molecule has 0 spiro atoms. The van der Waals surface area contributed by atoms with Crippen molar-refractivity contribution < 1.29 is 4.52 Å². The van der Waals surface area contributed by atoms with E-state index < -0.39 is 0 Å². The van der Waals surface area contributed by atoms with Gasteiger partial charge in [-0.3, -0.25) is 0 Å². The molecule has 0 aliphatic carbocycles. The standard InChI is InChI=1S/C4H11OPTe/c1-2-3-4-5-6-7/h6-7H,2-4H2,1H3. The molecule has 0 aromatic carbocycles. The minimum absolute atomic E-state index is 0.718. The van der Waals surface area contributed by atoms with Gasteiger partial charge in [-0.05, 0) is 0 Å². The zero-order valence-corrected chi connectivity index (χ0v) is 8.03.